The Labute approximate surface area is 178 Å². The van der Waals surface area contributed by atoms with Gasteiger partial charge in [0.2, 0.25) is 11.7 Å². The molecular weight excluding hydrogens is 398 g/mol. The molecular formula is C22H23N5O2S. The molecule has 0 aliphatic carbocycles. The van der Waals surface area contributed by atoms with Crippen LogP contribution in [0.2, 0.25) is 0 Å². The third-order valence-corrected chi connectivity index (χ3v) is 5.82. The van der Waals surface area contributed by atoms with Gasteiger partial charge in [-0.1, -0.05) is 44.7 Å². The number of fused-ring (bicyclic) bond motifs is 3. The zero-order chi connectivity index (χ0) is 21.5. The van der Waals surface area contributed by atoms with E-state index in [0.29, 0.717) is 22.2 Å². The highest BCUT2D eigenvalue weighted by Crippen LogP contribution is 2.28. The fourth-order valence-corrected chi connectivity index (χ4v) is 3.95. The van der Waals surface area contributed by atoms with Crippen molar-refractivity contribution in [3.8, 4) is 0 Å². The highest BCUT2D eigenvalue weighted by Gasteiger charge is 2.23. The summed E-state index contributed by atoms with van der Waals surface area (Å²) in [4.78, 5) is 29.6. The van der Waals surface area contributed by atoms with Crippen LogP contribution in [0.3, 0.4) is 0 Å². The molecule has 7 nitrogen and oxygen atoms in total. The predicted octanol–water partition coefficient (Wildman–Crippen LogP) is 4.56. The minimum Gasteiger partial charge on any atom is -0.326 e. The lowest BCUT2D eigenvalue weighted by atomic mass is 9.95. The van der Waals surface area contributed by atoms with Crippen molar-refractivity contribution in [2.24, 2.45) is 5.41 Å². The number of H-pyrrole nitrogens is 1. The number of aromatic nitrogens is 4. The van der Waals surface area contributed by atoms with Crippen molar-refractivity contribution in [3.05, 3.63) is 54.1 Å². The summed E-state index contributed by atoms with van der Waals surface area (Å²) in [5.74, 6) is 0.576. The van der Waals surface area contributed by atoms with Crippen molar-refractivity contribution in [1.29, 1.82) is 0 Å². The Morgan fingerprint density at radius 3 is 2.50 bits per heavy atom. The molecule has 0 saturated heterocycles. The third-order valence-electron chi connectivity index (χ3n) is 4.76. The summed E-state index contributed by atoms with van der Waals surface area (Å²) in [6.45, 7) is 7.43. The van der Waals surface area contributed by atoms with Crippen LogP contribution in [0.5, 0.6) is 0 Å². The van der Waals surface area contributed by atoms with Crippen LogP contribution in [0, 0.1) is 5.41 Å². The number of benzene rings is 2. The predicted molar refractivity (Wildman–Crippen MR) is 119 cm³/mol. The van der Waals surface area contributed by atoms with E-state index in [9.17, 15) is 9.59 Å². The van der Waals surface area contributed by atoms with E-state index < -0.39 is 5.41 Å². The molecule has 0 unspecified atom stereocenters. The number of carbonyl (C=O) groups excluding carboxylic acids is 2. The lowest BCUT2D eigenvalue weighted by Crippen LogP contribution is -2.27. The highest BCUT2D eigenvalue weighted by molar-refractivity contribution is 8.00. The molecule has 8 heteroatoms. The van der Waals surface area contributed by atoms with Crippen LogP contribution in [0.25, 0.3) is 16.8 Å². The Morgan fingerprint density at radius 2 is 1.80 bits per heavy atom. The molecule has 2 aromatic heterocycles. The molecule has 0 bridgehead atoms. The number of imidazole rings is 1. The van der Waals surface area contributed by atoms with Crippen molar-refractivity contribution < 1.29 is 9.59 Å². The van der Waals surface area contributed by atoms with Gasteiger partial charge in [0.1, 0.15) is 0 Å². The molecule has 0 saturated carbocycles. The van der Waals surface area contributed by atoms with Gasteiger partial charge in [0.05, 0.1) is 16.3 Å². The Hall–Kier alpha value is -3.13. The fourth-order valence-electron chi connectivity index (χ4n) is 3.00. The van der Waals surface area contributed by atoms with Gasteiger partial charge >= 0.3 is 0 Å². The van der Waals surface area contributed by atoms with Crippen molar-refractivity contribution in [3.63, 3.8) is 0 Å². The number of nitrogens with one attached hydrogen (secondary N) is 2. The van der Waals surface area contributed by atoms with E-state index in [-0.39, 0.29) is 16.9 Å². The summed E-state index contributed by atoms with van der Waals surface area (Å²) in [5.41, 5.74) is 2.60. The van der Waals surface area contributed by atoms with E-state index in [1.165, 1.54) is 11.8 Å². The van der Waals surface area contributed by atoms with E-state index in [1.54, 1.807) is 24.3 Å². The van der Waals surface area contributed by atoms with Gasteiger partial charge in [-0.15, -0.1) is 5.10 Å². The zero-order valence-corrected chi connectivity index (χ0v) is 18.1. The van der Waals surface area contributed by atoms with Crippen LogP contribution in [0.1, 0.15) is 38.1 Å². The van der Waals surface area contributed by atoms with Gasteiger partial charge in [-0.2, -0.15) is 0 Å². The average molecular weight is 422 g/mol. The van der Waals surface area contributed by atoms with Crippen molar-refractivity contribution in [2.75, 3.05) is 5.32 Å². The number of hydrogen-bond donors (Lipinski definition) is 2. The first kappa shape index (κ1) is 20.2. The molecule has 0 spiro atoms. The SMILES string of the molecule is C[C@@H](Sc1n[nH]c2nc3ccccc3n12)C(=O)c1ccc(NC(=O)C(C)(C)C)cc1. The van der Waals surface area contributed by atoms with Crippen LogP contribution < -0.4 is 5.32 Å². The summed E-state index contributed by atoms with van der Waals surface area (Å²) in [5, 5.41) is 10.5. The van der Waals surface area contributed by atoms with Crippen molar-refractivity contribution in [1.82, 2.24) is 19.6 Å². The largest absolute Gasteiger partial charge is 0.326 e. The van der Waals surface area contributed by atoms with E-state index in [1.807, 2.05) is 56.4 Å². The molecule has 2 aromatic carbocycles. The van der Waals surface area contributed by atoms with Gasteiger partial charge in [0.15, 0.2) is 10.9 Å². The molecule has 4 rings (SSSR count). The van der Waals surface area contributed by atoms with Crippen molar-refractivity contribution >= 4 is 46.0 Å². The van der Waals surface area contributed by atoms with Gasteiger partial charge < -0.3 is 5.32 Å². The molecule has 0 aliphatic heterocycles. The first-order chi connectivity index (χ1) is 14.2. The summed E-state index contributed by atoms with van der Waals surface area (Å²) < 4.78 is 1.93. The molecule has 0 fully saturated rings. The molecule has 1 atom stereocenters. The first-order valence-corrected chi connectivity index (χ1v) is 10.6. The van der Waals surface area contributed by atoms with E-state index in [2.05, 4.69) is 20.5 Å². The number of hydrogen-bond acceptors (Lipinski definition) is 5. The first-order valence-electron chi connectivity index (χ1n) is 9.68. The average Bonchev–Trinajstić information content (AvgIpc) is 3.27. The molecule has 1 amide bonds. The number of ketones is 1. The number of para-hydroxylation sites is 2. The highest BCUT2D eigenvalue weighted by atomic mass is 32.2. The number of aromatic amines is 1. The van der Waals surface area contributed by atoms with Crippen LogP contribution in [0.4, 0.5) is 5.69 Å². The van der Waals surface area contributed by atoms with Gasteiger partial charge in [-0.05, 0) is 43.3 Å². The summed E-state index contributed by atoms with van der Waals surface area (Å²) >= 11 is 1.38. The number of rotatable bonds is 5. The minimum atomic E-state index is -0.480. The topological polar surface area (TPSA) is 92.2 Å². The normalized spacial score (nSPS) is 12.9. The molecule has 0 aliphatic rings. The lowest BCUT2D eigenvalue weighted by Gasteiger charge is -2.17. The standard InChI is InChI=1S/C22H23N5O2S/c1-13(18(28)14-9-11-15(12-10-14)23-19(29)22(2,3)4)30-21-26-25-20-24-16-7-5-6-8-17(16)27(20)21/h5-13H,1-4H3,(H,23,29)(H,24,25)/t13-/m1/s1. The maximum Gasteiger partial charge on any atom is 0.231 e. The van der Waals surface area contributed by atoms with Gasteiger partial charge in [0, 0.05) is 16.7 Å². The van der Waals surface area contributed by atoms with E-state index in [0.717, 1.165) is 11.0 Å². The van der Waals surface area contributed by atoms with Gasteiger partial charge in [-0.3, -0.25) is 14.0 Å². The fraction of sp³-hybridized carbons (Fsp3) is 0.273. The second-order valence-electron chi connectivity index (χ2n) is 8.17. The molecule has 2 heterocycles. The molecule has 2 N–H and O–H groups in total. The van der Waals surface area contributed by atoms with Crippen LogP contribution in [-0.4, -0.2) is 36.5 Å². The lowest BCUT2D eigenvalue weighted by molar-refractivity contribution is -0.123. The number of Topliss-reactive ketones (excluding diaryl/α,β-unsaturated/α-hetero) is 1. The summed E-state index contributed by atoms with van der Waals surface area (Å²) in [7, 11) is 0. The Morgan fingerprint density at radius 1 is 1.10 bits per heavy atom. The van der Waals surface area contributed by atoms with E-state index >= 15 is 0 Å². The Bertz CT molecular complexity index is 1230. The molecule has 0 radical (unpaired) electrons. The number of thioether (sulfide) groups is 1. The maximum atomic E-state index is 12.9. The Kier molecular flexibility index (Phi) is 5.11. The zero-order valence-electron chi connectivity index (χ0n) is 17.3. The Balaban J connectivity index is 1.50. The molecule has 154 valence electrons. The minimum absolute atomic E-state index is 0.00531. The van der Waals surface area contributed by atoms with E-state index in [4.69, 9.17) is 0 Å². The van der Waals surface area contributed by atoms with Crippen LogP contribution >= 0.6 is 11.8 Å². The smallest absolute Gasteiger partial charge is 0.231 e. The van der Waals surface area contributed by atoms with Crippen LogP contribution in [-0.2, 0) is 4.79 Å². The molecule has 4 aromatic rings. The second-order valence-corrected chi connectivity index (χ2v) is 9.48. The number of carbonyl (C=O) groups is 2. The van der Waals surface area contributed by atoms with Gasteiger partial charge in [-0.25, -0.2) is 10.1 Å². The molecule has 30 heavy (non-hydrogen) atoms. The number of nitrogens with zero attached hydrogens (tertiary/aromatic N) is 3. The maximum absolute atomic E-state index is 12.9. The van der Waals surface area contributed by atoms with Gasteiger partial charge in [0.25, 0.3) is 0 Å². The quantitative estimate of drug-likeness (QED) is 0.364. The summed E-state index contributed by atoms with van der Waals surface area (Å²) in [6, 6.07) is 14.8. The third kappa shape index (κ3) is 3.82. The monoisotopic (exact) mass is 421 g/mol. The van der Waals surface area contributed by atoms with Crippen molar-refractivity contribution in [2.45, 2.75) is 38.1 Å². The number of anilines is 1. The second kappa shape index (κ2) is 7.60. The van der Waals surface area contributed by atoms with Crippen LogP contribution in [0.15, 0.2) is 53.7 Å². The number of amides is 1. The summed E-state index contributed by atoms with van der Waals surface area (Å²) in [6.07, 6.45) is 0.